The van der Waals surface area contributed by atoms with Crippen LogP contribution in [0.3, 0.4) is 0 Å². The number of amides is 2. The molecule has 1 fully saturated rings. The van der Waals surface area contributed by atoms with Crippen molar-refractivity contribution >= 4 is 17.6 Å². The van der Waals surface area contributed by atoms with E-state index >= 15 is 0 Å². The van der Waals surface area contributed by atoms with Crippen LogP contribution in [-0.4, -0.2) is 38.0 Å². The minimum Gasteiger partial charge on any atom is -0.336 e. The summed E-state index contributed by atoms with van der Waals surface area (Å²) in [6, 6.07) is 5.82. The summed E-state index contributed by atoms with van der Waals surface area (Å²) in [5, 5.41) is 7.76. The molecule has 2 aromatic heterocycles. The molecule has 1 unspecified atom stereocenters. The molecule has 1 atom stereocenters. The number of pyridine rings is 1. The van der Waals surface area contributed by atoms with Crippen molar-refractivity contribution in [3.05, 3.63) is 41.3 Å². The van der Waals surface area contributed by atoms with Crippen molar-refractivity contribution in [2.75, 3.05) is 11.9 Å². The van der Waals surface area contributed by atoms with E-state index in [9.17, 15) is 9.59 Å². The predicted molar refractivity (Wildman–Crippen MR) is 101 cm³/mol. The fourth-order valence-electron chi connectivity index (χ4n) is 3.92. The number of aryl methyl sites for hydroxylation is 1. The maximum absolute atomic E-state index is 12.9. The predicted octanol–water partition coefficient (Wildman–Crippen LogP) is 2.33. The number of anilines is 1. The van der Waals surface area contributed by atoms with Crippen LogP contribution < -0.4 is 5.32 Å². The van der Waals surface area contributed by atoms with Crippen molar-refractivity contribution < 1.29 is 9.59 Å². The first-order valence-electron chi connectivity index (χ1n) is 9.61. The van der Waals surface area contributed by atoms with E-state index in [1.165, 1.54) is 0 Å². The van der Waals surface area contributed by atoms with Crippen LogP contribution in [0.25, 0.3) is 0 Å². The van der Waals surface area contributed by atoms with E-state index in [2.05, 4.69) is 29.2 Å². The molecule has 1 aliphatic carbocycles. The van der Waals surface area contributed by atoms with E-state index in [0.717, 1.165) is 42.0 Å². The normalized spacial score (nSPS) is 19.0. The summed E-state index contributed by atoms with van der Waals surface area (Å²) >= 11 is 0. The van der Waals surface area contributed by atoms with Crippen molar-refractivity contribution in [3.8, 4) is 0 Å². The van der Waals surface area contributed by atoms with E-state index in [1.54, 1.807) is 11.1 Å². The van der Waals surface area contributed by atoms with Gasteiger partial charge in [-0.05, 0) is 45.2 Å². The average Bonchev–Trinajstić information content (AvgIpc) is 3.32. The highest BCUT2D eigenvalue weighted by Crippen LogP contribution is 2.31. The molecular formula is C20H25N5O2. The van der Waals surface area contributed by atoms with E-state index in [0.29, 0.717) is 13.1 Å². The average molecular weight is 367 g/mol. The van der Waals surface area contributed by atoms with Crippen LogP contribution in [-0.2, 0) is 29.0 Å². The van der Waals surface area contributed by atoms with Gasteiger partial charge in [0.25, 0.3) is 0 Å². The third-order valence-corrected chi connectivity index (χ3v) is 5.33. The first-order chi connectivity index (χ1) is 13.0. The van der Waals surface area contributed by atoms with Crippen LogP contribution in [0.5, 0.6) is 0 Å². The SMILES string of the molecule is CC(C)n1nc2c(c1NC(=O)C1CC(=O)N(Cc3ccccn3)C1)CCC2. The van der Waals surface area contributed by atoms with Gasteiger partial charge >= 0.3 is 0 Å². The molecule has 3 heterocycles. The molecule has 0 bridgehead atoms. The molecule has 1 saturated heterocycles. The minimum absolute atomic E-state index is 0.00315. The van der Waals surface area contributed by atoms with Gasteiger partial charge in [-0.25, -0.2) is 4.68 Å². The number of carbonyl (C=O) groups is 2. The molecule has 0 aromatic carbocycles. The molecular weight excluding hydrogens is 342 g/mol. The first-order valence-corrected chi connectivity index (χ1v) is 9.61. The topological polar surface area (TPSA) is 80.1 Å². The van der Waals surface area contributed by atoms with Gasteiger partial charge in [0, 0.05) is 30.8 Å². The van der Waals surface area contributed by atoms with Crippen LogP contribution in [0, 0.1) is 5.92 Å². The molecule has 2 aromatic rings. The van der Waals surface area contributed by atoms with Crippen LogP contribution in [0.15, 0.2) is 24.4 Å². The van der Waals surface area contributed by atoms with Crippen LogP contribution >= 0.6 is 0 Å². The number of nitrogens with one attached hydrogen (secondary N) is 1. The largest absolute Gasteiger partial charge is 0.336 e. The molecule has 7 heteroatoms. The maximum atomic E-state index is 12.9. The van der Waals surface area contributed by atoms with Gasteiger partial charge in [-0.1, -0.05) is 6.07 Å². The summed E-state index contributed by atoms with van der Waals surface area (Å²) in [7, 11) is 0. The first kappa shape index (κ1) is 17.7. The highest BCUT2D eigenvalue weighted by molar-refractivity contribution is 5.97. The van der Waals surface area contributed by atoms with Gasteiger partial charge in [0.05, 0.1) is 23.9 Å². The van der Waals surface area contributed by atoms with Crippen molar-refractivity contribution in [3.63, 3.8) is 0 Å². The van der Waals surface area contributed by atoms with Gasteiger partial charge < -0.3 is 10.2 Å². The molecule has 27 heavy (non-hydrogen) atoms. The van der Waals surface area contributed by atoms with E-state index in [4.69, 9.17) is 0 Å². The second-order valence-corrected chi connectivity index (χ2v) is 7.65. The molecule has 4 rings (SSSR count). The lowest BCUT2D eigenvalue weighted by atomic mass is 10.1. The lowest BCUT2D eigenvalue weighted by molar-refractivity contribution is -0.128. The Morgan fingerprint density at radius 1 is 1.33 bits per heavy atom. The fraction of sp³-hybridized carbons (Fsp3) is 0.500. The van der Waals surface area contributed by atoms with Crippen LogP contribution in [0.4, 0.5) is 5.82 Å². The number of likely N-dealkylation sites (tertiary alicyclic amines) is 1. The second kappa shape index (κ2) is 7.13. The number of hydrogen-bond donors (Lipinski definition) is 1. The van der Waals surface area contributed by atoms with Gasteiger partial charge in [-0.2, -0.15) is 5.10 Å². The second-order valence-electron chi connectivity index (χ2n) is 7.65. The Hall–Kier alpha value is -2.70. The number of hydrogen-bond acceptors (Lipinski definition) is 4. The van der Waals surface area contributed by atoms with Gasteiger partial charge in [0.2, 0.25) is 11.8 Å². The molecule has 1 aliphatic heterocycles. The van der Waals surface area contributed by atoms with Gasteiger partial charge in [-0.15, -0.1) is 0 Å². The van der Waals surface area contributed by atoms with E-state index in [1.807, 2.05) is 22.9 Å². The number of carbonyl (C=O) groups excluding carboxylic acids is 2. The van der Waals surface area contributed by atoms with Crippen molar-refractivity contribution in [1.29, 1.82) is 0 Å². The Bertz CT molecular complexity index is 859. The third-order valence-electron chi connectivity index (χ3n) is 5.33. The maximum Gasteiger partial charge on any atom is 0.230 e. The van der Waals surface area contributed by atoms with Crippen LogP contribution in [0.2, 0.25) is 0 Å². The number of rotatable bonds is 5. The Morgan fingerprint density at radius 3 is 2.93 bits per heavy atom. The van der Waals surface area contributed by atoms with Crippen molar-refractivity contribution in [1.82, 2.24) is 19.7 Å². The lowest BCUT2D eigenvalue weighted by Gasteiger charge is -2.17. The van der Waals surface area contributed by atoms with Gasteiger partial charge in [0.15, 0.2) is 0 Å². The third kappa shape index (κ3) is 3.46. The molecule has 142 valence electrons. The summed E-state index contributed by atoms with van der Waals surface area (Å²) in [5.41, 5.74) is 3.09. The summed E-state index contributed by atoms with van der Waals surface area (Å²) in [6.07, 6.45) is 4.97. The zero-order valence-electron chi connectivity index (χ0n) is 15.8. The highest BCUT2D eigenvalue weighted by atomic mass is 16.2. The molecule has 0 radical (unpaired) electrons. The van der Waals surface area contributed by atoms with Crippen LogP contribution in [0.1, 0.15) is 49.7 Å². The van der Waals surface area contributed by atoms with Crippen molar-refractivity contribution in [2.24, 2.45) is 5.92 Å². The molecule has 7 nitrogen and oxygen atoms in total. The van der Waals surface area contributed by atoms with E-state index < -0.39 is 0 Å². The smallest absolute Gasteiger partial charge is 0.230 e. The summed E-state index contributed by atoms with van der Waals surface area (Å²) in [6.45, 7) is 5.00. The number of aromatic nitrogens is 3. The number of fused-ring (bicyclic) bond motifs is 1. The summed E-state index contributed by atoms with van der Waals surface area (Å²) in [4.78, 5) is 31.2. The Balaban J connectivity index is 1.46. The molecule has 2 amide bonds. The quantitative estimate of drug-likeness (QED) is 0.880. The lowest BCUT2D eigenvalue weighted by Crippen LogP contribution is -2.29. The van der Waals surface area contributed by atoms with Crippen molar-refractivity contribution in [2.45, 2.75) is 52.1 Å². The molecule has 2 aliphatic rings. The van der Waals surface area contributed by atoms with Gasteiger partial charge in [-0.3, -0.25) is 14.6 Å². The van der Waals surface area contributed by atoms with Gasteiger partial charge in [0.1, 0.15) is 5.82 Å². The molecule has 0 spiro atoms. The monoisotopic (exact) mass is 367 g/mol. The summed E-state index contributed by atoms with van der Waals surface area (Å²) < 4.78 is 1.91. The number of nitrogens with zero attached hydrogens (tertiary/aromatic N) is 4. The fourth-order valence-corrected chi connectivity index (χ4v) is 3.92. The summed E-state index contributed by atoms with van der Waals surface area (Å²) in [5.74, 6) is 0.388. The molecule has 0 saturated carbocycles. The standard InChI is InChI=1S/C20H25N5O2/c1-13(2)25-19(16-7-5-8-17(16)23-25)22-20(27)14-10-18(26)24(11-14)12-15-6-3-4-9-21-15/h3-4,6,9,13-14H,5,7-8,10-12H2,1-2H3,(H,22,27). The Kier molecular flexibility index (Phi) is 4.68. The molecule has 1 N–H and O–H groups in total. The zero-order chi connectivity index (χ0) is 19.0. The Labute approximate surface area is 158 Å². The minimum atomic E-state index is -0.339. The zero-order valence-corrected chi connectivity index (χ0v) is 15.8. The van der Waals surface area contributed by atoms with E-state index in [-0.39, 0.29) is 30.2 Å². The Morgan fingerprint density at radius 2 is 2.19 bits per heavy atom. The highest BCUT2D eigenvalue weighted by Gasteiger charge is 2.35.